The number of anilines is 1. The van der Waals surface area contributed by atoms with Crippen LogP contribution in [0.25, 0.3) is 0 Å². The highest BCUT2D eigenvalue weighted by Gasteiger charge is 2.17. The normalized spacial score (nSPS) is 10.8. The Kier molecular flexibility index (Phi) is 6.44. The highest BCUT2D eigenvalue weighted by atomic mass is 19.3. The molecule has 1 N–H and O–H groups in total. The number of nitrogens with one attached hydrogen (secondary N) is 1. The van der Waals surface area contributed by atoms with Crippen LogP contribution < -0.4 is 10.1 Å². The van der Waals surface area contributed by atoms with E-state index in [0.29, 0.717) is 6.42 Å². The summed E-state index contributed by atoms with van der Waals surface area (Å²) in [6, 6.07) is 8.79. The maximum Gasteiger partial charge on any atom is 0.267 e. The first-order chi connectivity index (χ1) is 12.0. The van der Waals surface area contributed by atoms with Crippen LogP contribution in [0.1, 0.15) is 43.4 Å². The zero-order valence-electron chi connectivity index (χ0n) is 14.1. The van der Waals surface area contributed by atoms with Crippen LogP contribution in [0, 0.1) is 5.82 Å². The molecule has 0 aliphatic heterocycles. The highest BCUT2D eigenvalue weighted by molar-refractivity contribution is 5.91. The Morgan fingerprint density at radius 3 is 2.60 bits per heavy atom. The van der Waals surface area contributed by atoms with E-state index in [-0.39, 0.29) is 41.5 Å². The van der Waals surface area contributed by atoms with E-state index in [1.165, 1.54) is 24.3 Å². The Balaban J connectivity index is 2.26. The molecule has 134 valence electrons. The predicted octanol–water partition coefficient (Wildman–Crippen LogP) is 5.25. The minimum absolute atomic E-state index is 0.00298. The first-order valence-corrected chi connectivity index (χ1v) is 8.07. The molecular weight excluding hydrogens is 331 g/mol. The molecule has 0 fully saturated rings. The van der Waals surface area contributed by atoms with E-state index in [2.05, 4.69) is 5.32 Å². The second-order valence-corrected chi connectivity index (χ2v) is 5.48. The molecular formula is C19H20F3NO2. The van der Waals surface area contributed by atoms with Gasteiger partial charge in [0.1, 0.15) is 18.2 Å². The van der Waals surface area contributed by atoms with Crippen LogP contribution in [0.4, 0.5) is 18.9 Å². The second-order valence-electron chi connectivity index (χ2n) is 5.48. The number of benzene rings is 2. The van der Waals surface area contributed by atoms with Gasteiger partial charge in [0.15, 0.2) is 0 Å². The lowest BCUT2D eigenvalue weighted by Gasteiger charge is -2.15. The summed E-state index contributed by atoms with van der Waals surface area (Å²) in [4.78, 5) is 11.6. The summed E-state index contributed by atoms with van der Waals surface area (Å²) in [7, 11) is 0. The average molecular weight is 351 g/mol. The van der Waals surface area contributed by atoms with Crippen molar-refractivity contribution >= 4 is 11.6 Å². The smallest absolute Gasteiger partial charge is 0.267 e. The monoisotopic (exact) mass is 351 g/mol. The largest absolute Gasteiger partial charge is 0.488 e. The van der Waals surface area contributed by atoms with E-state index in [1.54, 1.807) is 19.1 Å². The van der Waals surface area contributed by atoms with Crippen molar-refractivity contribution in [3.8, 4) is 5.75 Å². The van der Waals surface area contributed by atoms with Crippen LogP contribution in [0.2, 0.25) is 0 Å². The van der Waals surface area contributed by atoms with Crippen molar-refractivity contribution < 1.29 is 22.7 Å². The van der Waals surface area contributed by atoms with Gasteiger partial charge in [-0.2, -0.15) is 0 Å². The lowest BCUT2D eigenvalue weighted by Crippen LogP contribution is -2.13. The third-order valence-corrected chi connectivity index (χ3v) is 3.80. The highest BCUT2D eigenvalue weighted by Crippen LogP contribution is 2.31. The molecule has 0 unspecified atom stereocenters. The summed E-state index contributed by atoms with van der Waals surface area (Å²) < 4.78 is 46.0. The Labute approximate surface area is 144 Å². The summed E-state index contributed by atoms with van der Waals surface area (Å²) in [6.45, 7) is 3.28. The maximum absolute atomic E-state index is 14.1. The van der Waals surface area contributed by atoms with Crippen molar-refractivity contribution in [2.24, 2.45) is 0 Å². The Bertz CT molecular complexity index is 747. The number of amides is 1. The number of carbonyl (C=O) groups excluding carboxylic acids is 1. The summed E-state index contributed by atoms with van der Waals surface area (Å²) in [5.74, 6) is -0.840. The van der Waals surface area contributed by atoms with Crippen molar-refractivity contribution in [1.82, 2.24) is 0 Å². The summed E-state index contributed by atoms with van der Waals surface area (Å²) in [5.41, 5.74) is 0.930. The Morgan fingerprint density at radius 2 is 1.96 bits per heavy atom. The van der Waals surface area contributed by atoms with Crippen molar-refractivity contribution in [3.63, 3.8) is 0 Å². The van der Waals surface area contributed by atoms with Gasteiger partial charge < -0.3 is 10.1 Å². The number of hydrogen-bond acceptors (Lipinski definition) is 2. The van der Waals surface area contributed by atoms with Gasteiger partial charge in [-0.15, -0.1) is 0 Å². The zero-order chi connectivity index (χ0) is 18.4. The van der Waals surface area contributed by atoms with Crippen molar-refractivity contribution in [3.05, 3.63) is 58.9 Å². The number of carbonyl (C=O) groups is 1. The van der Waals surface area contributed by atoms with E-state index in [9.17, 15) is 18.0 Å². The number of aryl methyl sites for hydroxylation is 1. The van der Waals surface area contributed by atoms with Gasteiger partial charge in [0.25, 0.3) is 6.43 Å². The fourth-order valence-electron chi connectivity index (χ4n) is 2.33. The topological polar surface area (TPSA) is 38.3 Å². The van der Waals surface area contributed by atoms with Crippen LogP contribution in [-0.4, -0.2) is 5.91 Å². The molecule has 2 aromatic carbocycles. The van der Waals surface area contributed by atoms with Crippen LogP contribution in [0.3, 0.4) is 0 Å². The Morgan fingerprint density at radius 1 is 1.20 bits per heavy atom. The van der Waals surface area contributed by atoms with Gasteiger partial charge in [-0.25, -0.2) is 13.2 Å². The van der Waals surface area contributed by atoms with Gasteiger partial charge >= 0.3 is 0 Å². The molecule has 0 aromatic heterocycles. The van der Waals surface area contributed by atoms with Gasteiger partial charge in [0, 0.05) is 12.0 Å². The average Bonchev–Trinajstić information content (AvgIpc) is 2.60. The van der Waals surface area contributed by atoms with Crippen LogP contribution in [-0.2, 0) is 17.8 Å². The van der Waals surface area contributed by atoms with E-state index in [4.69, 9.17) is 4.74 Å². The molecule has 0 atom stereocenters. The minimum Gasteiger partial charge on any atom is -0.488 e. The van der Waals surface area contributed by atoms with Gasteiger partial charge in [-0.3, -0.25) is 4.79 Å². The van der Waals surface area contributed by atoms with Crippen molar-refractivity contribution in [1.29, 1.82) is 0 Å². The molecule has 0 bridgehead atoms. The van der Waals surface area contributed by atoms with Gasteiger partial charge in [-0.1, -0.05) is 26.0 Å². The molecule has 0 aliphatic rings. The zero-order valence-corrected chi connectivity index (χ0v) is 14.1. The first-order valence-electron chi connectivity index (χ1n) is 8.07. The fourth-order valence-corrected chi connectivity index (χ4v) is 2.33. The maximum atomic E-state index is 14.1. The fraction of sp³-hybridized carbons (Fsp3) is 0.316. The predicted molar refractivity (Wildman–Crippen MR) is 90.4 cm³/mol. The second kappa shape index (κ2) is 8.55. The van der Waals surface area contributed by atoms with Crippen LogP contribution >= 0.6 is 0 Å². The molecule has 1 amide bonds. The van der Waals surface area contributed by atoms with Crippen LogP contribution in [0.15, 0.2) is 36.4 Å². The summed E-state index contributed by atoms with van der Waals surface area (Å²) >= 11 is 0. The molecule has 0 saturated heterocycles. The van der Waals surface area contributed by atoms with E-state index in [1.807, 2.05) is 6.92 Å². The number of hydrogen-bond donors (Lipinski definition) is 1. The first kappa shape index (κ1) is 18.8. The third kappa shape index (κ3) is 4.75. The van der Waals surface area contributed by atoms with Gasteiger partial charge in [0.05, 0.1) is 11.3 Å². The quantitative estimate of drug-likeness (QED) is 0.739. The van der Waals surface area contributed by atoms with E-state index >= 15 is 0 Å². The Hall–Kier alpha value is -2.50. The molecule has 2 aromatic rings. The number of halogens is 3. The minimum atomic E-state index is -2.69. The summed E-state index contributed by atoms with van der Waals surface area (Å²) in [5, 5.41) is 2.59. The van der Waals surface area contributed by atoms with Crippen molar-refractivity contribution in [2.75, 3.05) is 5.32 Å². The lowest BCUT2D eigenvalue weighted by atomic mass is 10.1. The molecule has 2 rings (SSSR count). The molecule has 0 radical (unpaired) electrons. The lowest BCUT2D eigenvalue weighted by molar-refractivity contribution is -0.115. The third-order valence-electron chi connectivity index (χ3n) is 3.80. The SMILES string of the molecule is CCC(=O)Nc1cccc(F)c1COc1ccc(CC)cc1C(F)F. The van der Waals surface area contributed by atoms with E-state index in [0.717, 1.165) is 5.56 Å². The molecule has 0 heterocycles. The van der Waals surface area contributed by atoms with Gasteiger partial charge in [0.2, 0.25) is 5.91 Å². The number of alkyl halides is 2. The molecule has 0 saturated carbocycles. The molecule has 0 spiro atoms. The van der Waals surface area contributed by atoms with Gasteiger partial charge in [-0.05, 0) is 36.2 Å². The van der Waals surface area contributed by atoms with Crippen molar-refractivity contribution in [2.45, 2.75) is 39.7 Å². The standard InChI is InChI=1S/C19H20F3NO2/c1-3-12-8-9-17(13(10-12)19(21)22)25-11-14-15(20)6-5-7-16(14)23-18(24)4-2/h5-10,19H,3-4,11H2,1-2H3,(H,23,24). The number of ether oxygens (including phenoxy) is 1. The van der Waals surface area contributed by atoms with E-state index < -0.39 is 12.2 Å². The molecule has 0 aliphatic carbocycles. The molecule has 25 heavy (non-hydrogen) atoms. The molecule has 6 heteroatoms. The van der Waals surface area contributed by atoms with Crippen LogP contribution in [0.5, 0.6) is 5.75 Å². The molecule has 3 nitrogen and oxygen atoms in total. The number of rotatable bonds is 7. The summed E-state index contributed by atoms with van der Waals surface area (Å²) in [6.07, 6.45) is -1.83.